The summed E-state index contributed by atoms with van der Waals surface area (Å²) in [5.74, 6) is 0.103. The number of ether oxygens (including phenoxy) is 2. The first-order chi connectivity index (χ1) is 22.0. The van der Waals surface area contributed by atoms with Gasteiger partial charge >= 0.3 is 18.1 Å². The number of hydrogen-bond acceptors (Lipinski definition) is 6. The Balaban J connectivity index is 0.000000537. The SMILES string of the molecule is COc1ccc(-c2cnn(CC3CC3)c2)c(N2CCC(COc3cccc(C(CC(=O)O)C4CC4)c3)CC2)c1.O=C(O)C(F)(F)F. The molecule has 3 aromatic rings. The summed E-state index contributed by atoms with van der Waals surface area (Å²) < 4.78 is 45.7. The topological polar surface area (TPSA) is 114 Å². The molecule has 248 valence electrons. The fourth-order valence-electron chi connectivity index (χ4n) is 5.94. The van der Waals surface area contributed by atoms with Crippen LogP contribution in [0.15, 0.2) is 54.9 Å². The highest BCUT2D eigenvalue weighted by Gasteiger charge is 2.38. The summed E-state index contributed by atoms with van der Waals surface area (Å²) in [6.07, 6.45) is 6.29. The smallest absolute Gasteiger partial charge is 0.490 e. The number of methoxy groups -OCH3 is 1. The van der Waals surface area contributed by atoms with Gasteiger partial charge in [0.15, 0.2) is 0 Å². The lowest BCUT2D eigenvalue weighted by Gasteiger charge is -2.34. The molecular formula is C34H40F3N3O6. The van der Waals surface area contributed by atoms with Crippen LogP contribution in [-0.4, -0.2) is 64.9 Å². The molecule has 2 aliphatic carbocycles. The summed E-state index contributed by atoms with van der Waals surface area (Å²) in [4.78, 5) is 22.8. The molecule has 1 unspecified atom stereocenters. The quantitative estimate of drug-likeness (QED) is 0.220. The van der Waals surface area contributed by atoms with Crippen molar-refractivity contribution in [1.82, 2.24) is 9.78 Å². The molecule has 0 bridgehead atoms. The first kappa shape index (κ1) is 33.2. The summed E-state index contributed by atoms with van der Waals surface area (Å²) >= 11 is 0. The van der Waals surface area contributed by atoms with Crippen molar-refractivity contribution in [2.45, 2.75) is 63.6 Å². The van der Waals surface area contributed by atoms with E-state index in [1.54, 1.807) is 7.11 Å². The third-order valence-electron chi connectivity index (χ3n) is 8.85. The maximum Gasteiger partial charge on any atom is 0.490 e. The maximum atomic E-state index is 11.4. The minimum Gasteiger partial charge on any atom is -0.497 e. The van der Waals surface area contributed by atoms with Crippen LogP contribution in [0.2, 0.25) is 0 Å². The molecule has 0 amide bonds. The number of carbonyl (C=O) groups is 2. The van der Waals surface area contributed by atoms with E-state index in [0.717, 1.165) is 73.9 Å². The fraction of sp³-hybridized carbons (Fsp3) is 0.500. The van der Waals surface area contributed by atoms with Crippen LogP contribution >= 0.6 is 0 Å². The molecule has 3 fully saturated rings. The van der Waals surface area contributed by atoms with E-state index in [9.17, 15) is 23.1 Å². The molecule has 46 heavy (non-hydrogen) atoms. The molecule has 2 heterocycles. The fourth-order valence-corrected chi connectivity index (χ4v) is 5.94. The van der Waals surface area contributed by atoms with E-state index < -0.39 is 18.1 Å². The molecule has 9 nitrogen and oxygen atoms in total. The summed E-state index contributed by atoms with van der Waals surface area (Å²) in [6.45, 7) is 3.63. The Morgan fingerprint density at radius 3 is 2.30 bits per heavy atom. The Kier molecular flexibility index (Phi) is 10.4. The van der Waals surface area contributed by atoms with Crippen LogP contribution in [0.1, 0.15) is 56.4 Å². The average molecular weight is 644 g/mol. The van der Waals surface area contributed by atoms with Gasteiger partial charge in [-0.1, -0.05) is 12.1 Å². The van der Waals surface area contributed by atoms with Crippen LogP contribution in [0.4, 0.5) is 18.9 Å². The van der Waals surface area contributed by atoms with Crippen molar-refractivity contribution >= 4 is 17.6 Å². The number of alkyl halides is 3. The van der Waals surface area contributed by atoms with E-state index >= 15 is 0 Å². The number of halogens is 3. The van der Waals surface area contributed by atoms with Gasteiger partial charge in [0.1, 0.15) is 11.5 Å². The number of nitrogens with zero attached hydrogens (tertiary/aromatic N) is 3. The van der Waals surface area contributed by atoms with Crippen LogP contribution in [0.5, 0.6) is 11.5 Å². The Morgan fingerprint density at radius 2 is 1.70 bits per heavy atom. The number of hydrogen-bond donors (Lipinski definition) is 2. The molecule has 1 saturated heterocycles. The van der Waals surface area contributed by atoms with Crippen LogP contribution in [0, 0.1) is 17.8 Å². The van der Waals surface area contributed by atoms with Gasteiger partial charge in [-0.2, -0.15) is 18.3 Å². The minimum atomic E-state index is -5.08. The van der Waals surface area contributed by atoms with Crippen molar-refractivity contribution < 1.29 is 42.4 Å². The van der Waals surface area contributed by atoms with Crippen molar-refractivity contribution in [3.8, 4) is 22.6 Å². The van der Waals surface area contributed by atoms with Crippen LogP contribution in [-0.2, 0) is 16.1 Å². The van der Waals surface area contributed by atoms with Crippen molar-refractivity contribution in [1.29, 1.82) is 0 Å². The van der Waals surface area contributed by atoms with Gasteiger partial charge < -0.3 is 24.6 Å². The van der Waals surface area contributed by atoms with Crippen LogP contribution in [0.3, 0.4) is 0 Å². The number of carboxylic acid groups (broad SMARTS) is 2. The van der Waals surface area contributed by atoms with Crippen LogP contribution in [0.25, 0.3) is 11.1 Å². The molecule has 2 aromatic carbocycles. The van der Waals surface area contributed by atoms with E-state index in [1.807, 2.05) is 24.4 Å². The number of carboxylic acids is 2. The predicted octanol–water partition coefficient (Wildman–Crippen LogP) is 6.87. The van der Waals surface area contributed by atoms with Crippen molar-refractivity contribution in [2.75, 3.05) is 31.7 Å². The Labute approximate surface area is 265 Å². The van der Waals surface area contributed by atoms with E-state index in [1.165, 1.54) is 24.1 Å². The minimum absolute atomic E-state index is 0.0900. The number of aliphatic carboxylic acids is 2. The highest BCUT2D eigenvalue weighted by Crippen LogP contribution is 2.45. The highest BCUT2D eigenvalue weighted by atomic mass is 19.4. The lowest BCUT2D eigenvalue weighted by molar-refractivity contribution is -0.192. The summed E-state index contributed by atoms with van der Waals surface area (Å²) in [5, 5.41) is 21.1. The first-order valence-corrected chi connectivity index (χ1v) is 15.7. The molecule has 2 saturated carbocycles. The van der Waals surface area contributed by atoms with Crippen molar-refractivity contribution in [3.63, 3.8) is 0 Å². The Hall–Kier alpha value is -4.22. The molecule has 1 aromatic heterocycles. The monoisotopic (exact) mass is 643 g/mol. The predicted molar refractivity (Wildman–Crippen MR) is 165 cm³/mol. The normalized spacial score (nSPS) is 17.5. The van der Waals surface area contributed by atoms with Gasteiger partial charge in [0.25, 0.3) is 0 Å². The van der Waals surface area contributed by atoms with Gasteiger partial charge in [-0.3, -0.25) is 9.48 Å². The highest BCUT2D eigenvalue weighted by molar-refractivity contribution is 5.79. The Bertz CT molecular complexity index is 1490. The molecule has 1 aliphatic heterocycles. The van der Waals surface area contributed by atoms with Gasteiger partial charge in [-0.05, 0) is 92.0 Å². The van der Waals surface area contributed by atoms with E-state index in [2.05, 4.69) is 45.1 Å². The van der Waals surface area contributed by atoms with Gasteiger partial charge in [0.05, 0.1) is 26.3 Å². The second-order valence-electron chi connectivity index (χ2n) is 12.4. The molecule has 0 radical (unpaired) electrons. The lowest BCUT2D eigenvalue weighted by Crippen LogP contribution is -2.35. The van der Waals surface area contributed by atoms with E-state index in [-0.39, 0.29) is 12.3 Å². The van der Waals surface area contributed by atoms with Gasteiger partial charge in [-0.25, -0.2) is 4.79 Å². The molecule has 12 heteroatoms. The van der Waals surface area contributed by atoms with Crippen molar-refractivity contribution in [2.24, 2.45) is 17.8 Å². The summed E-state index contributed by atoms with van der Waals surface area (Å²) in [5.41, 5.74) is 4.66. The zero-order valence-electron chi connectivity index (χ0n) is 25.8. The summed E-state index contributed by atoms with van der Waals surface area (Å²) in [7, 11) is 1.72. The number of benzene rings is 2. The second kappa shape index (κ2) is 14.5. The van der Waals surface area contributed by atoms with Gasteiger partial charge in [0.2, 0.25) is 0 Å². The lowest BCUT2D eigenvalue weighted by atomic mass is 9.91. The molecular weight excluding hydrogens is 603 g/mol. The molecule has 6 rings (SSSR count). The zero-order valence-corrected chi connectivity index (χ0v) is 25.8. The standard InChI is InChI=1S/C32H39N3O4.C2HF3O2/c1-38-27-9-10-29(26-18-33-35(20-26)19-22-5-6-22)31(16-27)34-13-11-23(12-14-34)21-39-28-4-2-3-25(15-28)30(17-32(36)37)24-7-8-24;3-2(4,5)1(6)7/h2-4,9-10,15-16,18,20,22-24,30H,5-8,11-14,17,19,21H2,1H3,(H,36,37);(H,6,7). The third-order valence-corrected chi connectivity index (χ3v) is 8.85. The van der Waals surface area contributed by atoms with Crippen LogP contribution < -0.4 is 14.4 Å². The molecule has 1 atom stereocenters. The molecule has 0 spiro atoms. The summed E-state index contributed by atoms with van der Waals surface area (Å²) in [6, 6.07) is 14.5. The first-order valence-electron chi connectivity index (χ1n) is 15.7. The van der Waals surface area contributed by atoms with E-state index in [4.69, 9.17) is 19.4 Å². The molecule has 3 aliphatic rings. The maximum absolute atomic E-state index is 11.4. The van der Waals surface area contributed by atoms with Crippen molar-refractivity contribution in [3.05, 3.63) is 60.4 Å². The zero-order chi connectivity index (χ0) is 32.8. The number of aromatic nitrogens is 2. The third kappa shape index (κ3) is 9.17. The second-order valence-corrected chi connectivity index (χ2v) is 12.4. The van der Waals surface area contributed by atoms with Gasteiger partial charge in [-0.15, -0.1) is 0 Å². The number of piperidine rings is 1. The van der Waals surface area contributed by atoms with Gasteiger partial charge in [0, 0.05) is 48.7 Å². The molecule has 2 N–H and O–H groups in total. The number of rotatable bonds is 12. The van der Waals surface area contributed by atoms with E-state index in [0.29, 0.717) is 18.4 Å². The number of anilines is 1. The largest absolute Gasteiger partial charge is 0.497 e. The average Bonchev–Trinajstić information content (AvgIpc) is 3.98. The Morgan fingerprint density at radius 1 is 0.978 bits per heavy atom.